The quantitative estimate of drug-likeness (QED) is 0.157. The number of fused-ring (bicyclic) bond motifs is 2. The van der Waals surface area contributed by atoms with Crippen LogP contribution in [0, 0.1) is 0 Å². The summed E-state index contributed by atoms with van der Waals surface area (Å²) in [5.74, 6) is 1.69. The Morgan fingerprint density at radius 2 is 0.745 bits per heavy atom. The van der Waals surface area contributed by atoms with E-state index in [4.69, 9.17) is 4.74 Å². The van der Waals surface area contributed by atoms with Gasteiger partial charge in [0, 0.05) is 50.8 Å². The van der Waals surface area contributed by atoms with Crippen LogP contribution in [0.5, 0.6) is 11.5 Å². The number of nitrogens with zero attached hydrogens (tertiary/aromatic N) is 2. The van der Waals surface area contributed by atoms with Crippen LogP contribution >= 0.6 is 0 Å². The van der Waals surface area contributed by atoms with Crippen LogP contribution in [-0.2, 0) is 0 Å². The molecule has 9 aromatic carbocycles. The van der Waals surface area contributed by atoms with Crippen LogP contribution < -0.4 is 14.5 Å². The van der Waals surface area contributed by atoms with Gasteiger partial charge >= 0.3 is 0 Å². The van der Waals surface area contributed by atoms with Gasteiger partial charge in [-0.1, -0.05) is 140 Å². The topological polar surface area (TPSA) is 15.7 Å². The van der Waals surface area contributed by atoms with Gasteiger partial charge in [0.05, 0.1) is 5.69 Å². The Balaban J connectivity index is 1.09. The van der Waals surface area contributed by atoms with Gasteiger partial charge < -0.3 is 14.5 Å². The number of para-hydroxylation sites is 2. The normalized spacial score (nSPS) is 11.4. The standard InChI is InChI=1S/C52H36N2O/c1-5-14-37(15-6-1)39-24-28-43(29-25-39)54(44-30-26-40(27-31-44)38-16-7-2-8-17-38)49-35-34-47-46-33-32-45(36-51(46)55-50-23-13-22-48(49)52(47)50)53(41-18-9-3-10-19-41)42-20-11-4-12-21-42/h1-36H. The second kappa shape index (κ2) is 13.9. The van der Waals surface area contributed by atoms with Crippen molar-refractivity contribution in [1.29, 1.82) is 0 Å². The van der Waals surface area contributed by atoms with E-state index in [2.05, 4.69) is 228 Å². The van der Waals surface area contributed by atoms with Crippen LogP contribution in [0.4, 0.5) is 34.1 Å². The minimum Gasteiger partial charge on any atom is -0.456 e. The Kier molecular flexibility index (Phi) is 8.16. The zero-order chi connectivity index (χ0) is 36.6. The third-order valence-corrected chi connectivity index (χ3v) is 10.4. The van der Waals surface area contributed by atoms with Gasteiger partial charge in [-0.15, -0.1) is 0 Å². The Labute approximate surface area is 321 Å². The van der Waals surface area contributed by atoms with E-state index in [0.717, 1.165) is 67.5 Å². The minimum atomic E-state index is 0.840. The molecule has 0 saturated carbocycles. The van der Waals surface area contributed by atoms with Crippen molar-refractivity contribution >= 4 is 44.9 Å². The predicted molar refractivity (Wildman–Crippen MR) is 230 cm³/mol. The second-order valence-electron chi connectivity index (χ2n) is 13.8. The van der Waals surface area contributed by atoms with E-state index < -0.39 is 0 Å². The van der Waals surface area contributed by atoms with E-state index in [-0.39, 0.29) is 0 Å². The van der Waals surface area contributed by atoms with Gasteiger partial charge in [0.2, 0.25) is 0 Å². The first-order valence-corrected chi connectivity index (χ1v) is 18.7. The molecule has 0 spiro atoms. The molecule has 1 aliphatic heterocycles. The monoisotopic (exact) mass is 704 g/mol. The molecule has 0 atom stereocenters. The van der Waals surface area contributed by atoms with Gasteiger partial charge in [-0.3, -0.25) is 0 Å². The van der Waals surface area contributed by atoms with Crippen LogP contribution in [0.1, 0.15) is 0 Å². The molecule has 0 N–H and O–H groups in total. The summed E-state index contributed by atoms with van der Waals surface area (Å²) in [5.41, 5.74) is 13.5. The maximum absolute atomic E-state index is 6.84. The summed E-state index contributed by atoms with van der Waals surface area (Å²) in [4.78, 5) is 4.63. The van der Waals surface area contributed by atoms with E-state index >= 15 is 0 Å². The lowest BCUT2D eigenvalue weighted by Gasteiger charge is -2.30. The highest BCUT2D eigenvalue weighted by Crippen LogP contribution is 2.52. The molecule has 0 aliphatic carbocycles. The Morgan fingerprint density at radius 1 is 0.291 bits per heavy atom. The van der Waals surface area contributed by atoms with Gasteiger partial charge in [0.25, 0.3) is 0 Å². The largest absolute Gasteiger partial charge is 0.456 e. The summed E-state index contributed by atoms with van der Waals surface area (Å²) in [5, 5.41) is 2.23. The van der Waals surface area contributed by atoms with Crippen molar-refractivity contribution < 1.29 is 4.74 Å². The van der Waals surface area contributed by atoms with Crippen molar-refractivity contribution in [3.63, 3.8) is 0 Å². The fourth-order valence-electron chi connectivity index (χ4n) is 7.83. The summed E-state index contributed by atoms with van der Waals surface area (Å²) in [6.07, 6.45) is 0. The van der Waals surface area contributed by atoms with Crippen molar-refractivity contribution in [2.45, 2.75) is 0 Å². The average molecular weight is 705 g/mol. The van der Waals surface area contributed by atoms with Crippen LogP contribution in [0.25, 0.3) is 44.2 Å². The fraction of sp³-hybridized carbons (Fsp3) is 0. The SMILES string of the molecule is c1ccc(-c2ccc(N(c3ccc(-c4ccccc4)cc3)c3ccc4c5c(cccc35)Oc3cc(N(c5ccccc5)c5ccccc5)ccc3-4)cc2)cc1. The molecular weight excluding hydrogens is 669 g/mol. The number of anilines is 6. The molecular formula is C52H36N2O. The van der Waals surface area contributed by atoms with Gasteiger partial charge in [-0.2, -0.15) is 0 Å². The molecule has 9 aromatic rings. The summed E-state index contributed by atoms with van der Waals surface area (Å²) in [6.45, 7) is 0. The van der Waals surface area contributed by atoms with Crippen molar-refractivity contribution in [1.82, 2.24) is 0 Å². The maximum Gasteiger partial charge on any atom is 0.137 e. The van der Waals surface area contributed by atoms with Crippen LogP contribution in [0.3, 0.4) is 0 Å². The fourth-order valence-corrected chi connectivity index (χ4v) is 7.83. The lowest BCUT2D eigenvalue weighted by molar-refractivity contribution is 0.487. The van der Waals surface area contributed by atoms with Gasteiger partial charge in [0.1, 0.15) is 11.5 Å². The lowest BCUT2D eigenvalue weighted by Crippen LogP contribution is -2.12. The molecule has 0 amide bonds. The first kappa shape index (κ1) is 32.3. The van der Waals surface area contributed by atoms with E-state index in [1.807, 2.05) is 0 Å². The van der Waals surface area contributed by atoms with E-state index in [1.54, 1.807) is 0 Å². The molecule has 10 rings (SSSR count). The van der Waals surface area contributed by atoms with E-state index in [0.29, 0.717) is 0 Å². The summed E-state index contributed by atoms with van der Waals surface area (Å²) in [7, 11) is 0. The molecule has 1 aliphatic rings. The van der Waals surface area contributed by atoms with E-state index in [9.17, 15) is 0 Å². The molecule has 0 unspecified atom stereocenters. The van der Waals surface area contributed by atoms with Gasteiger partial charge in [-0.25, -0.2) is 0 Å². The molecule has 0 aromatic heterocycles. The highest BCUT2D eigenvalue weighted by molar-refractivity contribution is 6.11. The summed E-state index contributed by atoms with van der Waals surface area (Å²) < 4.78 is 6.84. The number of hydrogen-bond acceptors (Lipinski definition) is 3. The van der Waals surface area contributed by atoms with Crippen LogP contribution in [0.2, 0.25) is 0 Å². The number of benzene rings is 9. The number of hydrogen-bond donors (Lipinski definition) is 0. The van der Waals surface area contributed by atoms with Crippen LogP contribution in [0.15, 0.2) is 218 Å². The molecule has 0 bridgehead atoms. The van der Waals surface area contributed by atoms with Crippen molar-refractivity contribution in [3.05, 3.63) is 218 Å². The molecule has 55 heavy (non-hydrogen) atoms. The van der Waals surface area contributed by atoms with Gasteiger partial charge in [-0.05, 0) is 101 Å². The Bertz CT molecular complexity index is 2630. The molecule has 1 heterocycles. The third-order valence-electron chi connectivity index (χ3n) is 10.4. The molecule has 3 heteroatoms. The number of rotatable bonds is 8. The number of ether oxygens (including phenoxy) is 1. The predicted octanol–water partition coefficient (Wildman–Crippen LogP) is 14.9. The first-order chi connectivity index (χ1) is 27.3. The van der Waals surface area contributed by atoms with Crippen LogP contribution in [-0.4, -0.2) is 0 Å². The average Bonchev–Trinajstić information content (AvgIpc) is 3.26. The van der Waals surface area contributed by atoms with Crippen molar-refractivity contribution in [2.24, 2.45) is 0 Å². The summed E-state index contributed by atoms with van der Waals surface area (Å²) >= 11 is 0. The Hall–Kier alpha value is -7.36. The Morgan fingerprint density at radius 3 is 1.29 bits per heavy atom. The van der Waals surface area contributed by atoms with Gasteiger partial charge in [0.15, 0.2) is 0 Å². The molecule has 0 radical (unpaired) electrons. The highest BCUT2D eigenvalue weighted by atomic mass is 16.5. The van der Waals surface area contributed by atoms with Crippen molar-refractivity contribution in [2.75, 3.05) is 9.80 Å². The van der Waals surface area contributed by atoms with Crippen molar-refractivity contribution in [3.8, 4) is 44.9 Å². The molecule has 260 valence electrons. The molecule has 0 saturated heterocycles. The van der Waals surface area contributed by atoms with E-state index in [1.165, 1.54) is 22.3 Å². The highest BCUT2D eigenvalue weighted by Gasteiger charge is 2.25. The maximum atomic E-state index is 6.84. The smallest absolute Gasteiger partial charge is 0.137 e. The zero-order valence-electron chi connectivity index (χ0n) is 30.1. The third kappa shape index (κ3) is 5.98. The minimum absolute atomic E-state index is 0.840. The summed E-state index contributed by atoms with van der Waals surface area (Å²) in [6, 6.07) is 77.3. The lowest BCUT2D eigenvalue weighted by atomic mass is 9.92. The first-order valence-electron chi connectivity index (χ1n) is 18.7. The molecule has 0 fully saturated rings. The molecule has 3 nitrogen and oxygen atoms in total. The zero-order valence-corrected chi connectivity index (χ0v) is 30.1. The second-order valence-corrected chi connectivity index (χ2v) is 13.8.